The lowest BCUT2D eigenvalue weighted by Crippen LogP contribution is -2.04. The molecule has 0 bridgehead atoms. The van der Waals surface area contributed by atoms with Gasteiger partial charge in [-0.3, -0.25) is 4.79 Å². The van der Waals surface area contributed by atoms with E-state index in [1.54, 1.807) is 24.3 Å². The van der Waals surface area contributed by atoms with Crippen molar-refractivity contribution in [1.29, 1.82) is 5.26 Å². The molecule has 0 N–H and O–H groups in total. The lowest BCUT2D eigenvalue weighted by atomic mass is 10.1. The third-order valence-corrected chi connectivity index (χ3v) is 2.97. The molecule has 2 rings (SSSR count). The fourth-order valence-corrected chi connectivity index (χ4v) is 1.87. The SMILES string of the molecule is N#Cc1ccc(OCCCC(=O)c2ccccc2)cc1F. The van der Waals surface area contributed by atoms with E-state index in [2.05, 4.69) is 0 Å². The molecule has 0 unspecified atom stereocenters. The molecule has 0 fully saturated rings. The number of carbonyl (C=O) groups is 1. The van der Waals surface area contributed by atoms with Crippen LogP contribution in [-0.4, -0.2) is 12.4 Å². The van der Waals surface area contributed by atoms with Gasteiger partial charge in [-0.25, -0.2) is 4.39 Å². The van der Waals surface area contributed by atoms with Crippen LogP contribution in [0.2, 0.25) is 0 Å². The number of ether oxygens (including phenoxy) is 1. The Kier molecular flexibility index (Phi) is 5.05. The average Bonchev–Trinajstić information content (AvgIpc) is 2.52. The Balaban J connectivity index is 1.79. The fraction of sp³-hybridized carbons (Fsp3) is 0.176. The Morgan fingerprint density at radius 1 is 1.19 bits per heavy atom. The Bertz CT molecular complexity index is 662. The number of ketones is 1. The van der Waals surface area contributed by atoms with Gasteiger partial charge in [-0.1, -0.05) is 30.3 Å². The second kappa shape index (κ2) is 7.20. The molecule has 2 aromatic rings. The quantitative estimate of drug-likeness (QED) is 0.599. The van der Waals surface area contributed by atoms with Gasteiger partial charge in [0.1, 0.15) is 17.6 Å². The van der Waals surface area contributed by atoms with Crippen molar-refractivity contribution in [3.05, 3.63) is 65.5 Å². The highest BCUT2D eigenvalue weighted by molar-refractivity contribution is 5.95. The second-order valence-corrected chi connectivity index (χ2v) is 4.49. The molecule has 3 nitrogen and oxygen atoms in total. The van der Waals surface area contributed by atoms with Crippen LogP contribution in [0.5, 0.6) is 5.75 Å². The molecule has 0 saturated carbocycles. The molecule has 0 heterocycles. The topological polar surface area (TPSA) is 50.1 Å². The number of nitrogens with zero attached hydrogens (tertiary/aromatic N) is 1. The van der Waals surface area contributed by atoms with Gasteiger partial charge in [0, 0.05) is 18.1 Å². The van der Waals surface area contributed by atoms with Gasteiger partial charge in [-0.05, 0) is 18.6 Å². The van der Waals surface area contributed by atoms with E-state index in [9.17, 15) is 9.18 Å². The van der Waals surface area contributed by atoms with E-state index in [0.717, 1.165) is 0 Å². The molecule has 0 aliphatic heterocycles. The van der Waals surface area contributed by atoms with Crippen LogP contribution in [-0.2, 0) is 0 Å². The monoisotopic (exact) mass is 283 g/mol. The van der Waals surface area contributed by atoms with Crippen molar-refractivity contribution in [3.63, 3.8) is 0 Å². The lowest BCUT2D eigenvalue weighted by Gasteiger charge is -2.06. The molecule has 0 aliphatic rings. The van der Waals surface area contributed by atoms with Crippen LogP contribution >= 0.6 is 0 Å². The van der Waals surface area contributed by atoms with Gasteiger partial charge in [-0.2, -0.15) is 5.26 Å². The van der Waals surface area contributed by atoms with Crippen molar-refractivity contribution in [2.24, 2.45) is 0 Å². The largest absolute Gasteiger partial charge is 0.493 e. The number of nitriles is 1. The van der Waals surface area contributed by atoms with Crippen molar-refractivity contribution in [1.82, 2.24) is 0 Å². The molecule has 106 valence electrons. The van der Waals surface area contributed by atoms with Gasteiger partial charge in [0.15, 0.2) is 5.78 Å². The molecule has 0 saturated heterocycles. The number of halogens is 1. The first-order chi connectivity index (χ1) is 10.2. The van der Waals surface area contributed by atoms with Crippen molar-refractivity contribution in [2.75, 3.05) is 6.61 Å². The van der Waals surface area contributed by atoms with Crippen LogP contribution in [0.1, 0.15) is 28.8 Å². The zero-order valence-electron chi connectivity index (χ0n) is 11.4. The zero-order chi connectivity index (χ0) is 15.1. The minimum Gasteiger partial charge on any atom is -0.493 e. The summed E-state index contributed by atoms with van der Waals surface area (Å²) in [6.07, 6.45) is 0.929. The summed E-state index contributed by atoms with van der Waals surface area (Å²) in [6.45, 7) is 0.323. The molecule has 0 aliphatic carbocycles. The van der Waals surface area contributed by atoms with Crippen LogP contribution < -0.4 is 4.74 Å². The summed E-state index contributed by atoms with van der Waals surface area (Å²) in [5, 5.41) is 8.62. The molecule has 0 amide bonds. The molecule has 0 radical (unpaired) electrons. The van der Waals surface area contributed by atoms with Gasteiger partial charge < -0.3 is 4.74 Å². The summed E-state index contributed by atoms with van der Waals surface area (Å²) in [5.41, 5.74) is 0.670. The Labute approximate surface area is 122 Å². The standard InChI is InChI=1S/C17H14FNO2/c18-16-11-15(9-8-14(16)12-19)21-10-4-7-17(20)13-5-2-1-3-6-13/h1-3,5-6,8-9,11H,4,7,10H2. The molecular weight excluding hydrogens is 269 g/mol. The normalized spacial score (nSPS) is 9.90. The number of carbonyl (C=O) groups excluding carboxylic acids is 1. The summed E-state index contributed by atoms with van der Waals surface area (Å²) in [7, 11) is 0. The minimum atomic E-state index is -0.602. The van der Waals surface area contributed by atoms with E-state index in [-0.39, 0.29) is 11.3 Å². The van der Waals surface area contributed by atoms with E-state index < -0.39 is 5.82 Å². The second-order valence-electron chi connectivity index (χ2n) is 4.49. The van der Waals surface area contributed by atoms with Crippen LogP contribution in [0.4, 0.5) is 4.39 Å². The van der Waals surface area contributed by atoms with Crippen LogP contribution in [0.3, 0.4) is 0 Å². The van der Waals surface area contributed by atoms with Crippen molar-refractivity contribution < 1.29 is 13.9 Å². The molecule has 4 heteroatoms. The fourth-order valence-electron chi connectivity index (χ4n) is 1.87. The molecule has 0 atom stereocenters. The highest BCUT2D eigenvalue weighted by Crippen LogP contribution is 2.16. The number of benzene rings is 2. The van der Waals surface area contributed by atoms with Crippen LogP contribution in [0.15, 0.2) is 48.5 Å². The molecule has 2 aromatic carbocycles. The number of hydrogen-bond acceptors (Lipinski definition) is 3. The smallest absolute Gasteiger partial charge is 0.163 e. The van der Waals surface area contributed by atoms with Crippen LogP contribution in [0, 0.1) is 17.1 Å². The highest BCUT2D eigenvalue weighted by atomic mass is 19.1. The van der Waals surface area contributed by atoms with E-state index >= 15 is 0 Å². The lowest BCUT2D eigenvalue weighted by molar-refractivity contribution is 0.0973. The Hall–Kier alpha value is -2.67. The highest BCUT2D eigenvalue weighted by Gasteiger charge is 2.06. The van der Waals surface area contributed by atoms with Crippen molar-refractivity contribution in [3.8, 4) is 11.8 Å². The third-order valence-electron chi connectivity index (χ3n) is 2.97. The predicted octanol–water partition coefficient (Wildman–Crippen LogP) is 3.74. The first-order valence-electron chi connectivity index (χ1n) is 6.61. The van der Waals surface area contributed by atoms with Crippen LogP contribution in [0.25, 0.3) is 0 Å². The first-order valence-corrected chi connectivity index (χ1v) is 6.61. The number of hydrogen-bond donors (Lipinski definition) is 0. The van der Waals surface area contributed by atoms with Gasteiger partial charge in [0.25, 0.3) is 0 Å². The summed E-state index contributed by atoms with van der Waals surface area (Å²) < 4.78 is 18.7. The van der Waals surface area contributed by atoms with Gasteiger partial charge in [0.05, 0.1) is 12.2 Å². The van der Waals surface area contributed by atoms with E-state index in [1.807, 2.05) is 18.2 Å². The zero-order valence-corrected chi connectivity index (χ0v) is 11.4. The predicted molar refractivity (Wildman–Crippen MR) is 76.6 cm³/mol. The maximum absolute atomic E-state index is 13.4. The summed E-state index contributed by atoms with van der Waals surface area (Å²) in [5.74, 6) is -0.181. The summed E-state index contributed by atoms with van der Waals surface area (Å²) >= 11 is 0. The Morgan fingerprint density at radius 3 is 2.62 bits per heavy atom. The maximum atomic E-state index is 13.4. The van der Waals surface area contributed by atoms with E-state index in [4.69, 9.17) is 10.00 Å². The first kappa shape index (κ1) is 14.7. The molecule has 0 spiro atoms. The summed E-state index contributed by atoms with van der Waals surface area (Å²) in [6, 6.07) is 14.9. The number of rotatable bonds is 6. The van der Waals surface area contributed by atoms with Crippen molar-refractivity contribution in [2.45, 2.75) is 12.8 Å². The number of Topliss-reactive ketones (excluding diaryl/α,β-unsaturated/α-hetero) is 1. The van der Waals surface area contributed by atoms with E-state index in [1.165, 1.54) is 12.1 Å². The third kappa shape index (κ3) is 4.15. The van der Waals surface area contributed by atoms with E-state index in [0.29, 0.717) is 30.8 Å². The maximum Gasteiger partial charge on any atom is 0.163 e. The van der Waals surface area contributed by atoms with Gasteiger partial charge in [-0.15, -0.1) is 0 Å². The average molecular weight is 283 g/mol. The molecule has 0 aromatic heterocycles. The Morgan fingerprint density at radius 2 is 1.95 bits per heavy atom. The summed E-state index contributed by atoms with van der Waals surface area (Å²) in [4.78, 5) is 11.8. The molecular formula is C17H14FNO2. The minimum absolute atomic E-state index is 0.0124. The molecule has 21 heavy (non-hydrogen) atoms. The van der Waals surface area contributed by atoms with Crippen molar-refractivity contribution >= 4 is 5.78 Å². The van der Waals surface area contributed by atoms with Gasteiger partial charge in [0.2, 0.25) is 0 Å². The van der Waals surface area contributed by atoms with Gasteiger partial charge >= 0.3 is 0 Å².